The zero-order valence-electron chi connectivity index (χ0n) is 30.8. The predicted octanol–water partition coefficient (Wildman–Crippen LogP) is 8.17. The lowest BCUT2D eigenvalue weighted by atomic mass is 9.75. The minimum atomic E-state index is -1.45. The highest BCUT2D eigenvalue weighted by Gasteiger charge is 2.37. The number of carboxylic acid groups (broad SMARTS) is 2. The standard InChI is InChI=1S/C30H42O8.C10H14N2/c1-15(2)19-9-7-17(5)11-25(19)37-29(35)23-13-22(28(33)34)24(14-21(23)27(31)32)30(36)38-26-12-18(6)8-10-20(26)16(3)4;1-12-7-3-5-10(12)9-4-2-6-11-8-9/h13-20,25-26H,7-12H2,1-6H3,(H,31,32)(H,33,34);2,4,6,8,10H,3,5,7H2,1H3/t17-,18-,19+,20+,25-,26-;10-/m11/s1. The molecule has 0 unspecified atom stereocenters. The number of pyridine rings is 1. The molecule has 1 aromatic heterocycles. The molecular weight excluding hydrogens is 636 g/mol. The molecule has 0 radical (unpaired) electrons. The number of aromatic carboxylic acids is 2. The van der Waals surface area contributed by atoms with Crippen molar-refractivity contribution in [3.8, 4) is 0 Å². The molecule has 10 nitrogen and oxygen atoms in total. The van der Waals surface area contributed by atoms with Gasteiger partial charge in [0.2, 0.25) is 0 Å². The Morgan fingerprint density at radius 2 is 1.24 bits per heavy atom. The average Bonchev–Trinajstić information content (AvgIpc) is 3.50. The van der Waals surface area contributed by atoms with E-state index in [2.05, 4.69) is 64.5 Å². The molecule has 7 atom stereocenters. The van der Waals surface area contributed by atoms with Gasteiger partial charge in [0.15, 0.2) is 0 Å². The number of aromatic nitrogens is 1. The lowest BCUT2D eigenvalue weighted by Crippen LogP contribution is -2.36. The first kappa shape index (κ1) is 39.0. The molecule has 0 spiro atoms. The van der Waals surface area contributed by atoms with Crippen LogP contribution in [0.5, 0.6) is 0 Å². The number of rotatable bonds is 9. The zero-order valence-corrected chi connectivity index (χ0v) is 30.8. The van der Waals surface area contributed by atoms with Crippen LogP contribution in [0.3, 0.4) is 0 Å². The molecule has 2 N–H and O–H groups in total. The van der Waals surface area contributed by atoms with Crippen molar-refractivity contribution in [3.63, 3.8) is 0 Å². The maximum Gasteiger partial charge on any atom is 0.339 e. The summed E-state index contributed by atoms with van der Waals surface area (Å²) >= 11 is 0. The Morgan fingerprint density at radius 3 is 1.60 bits per heavy atom. The van der Waals surface area contributed by atoms with E-state index in [0.717, 1.165) is 37.8 Å². The molecule has 0 amide bonds. The summed E-state index contributed by atoms with van der Waals surface area (Å²) < 4.78 is 11.6. The lowest BCUT2D eigenvalue weighted by molar-refractivity contribution is -0.0187. The number of benzene rings is 1. The van der Waals surface area contributed by atoms with Crippen LogP contribution < -0.4 is 0 Å². The van der Waals surface area contributed by atoms with Crippen LogP contribution in [-0.2, 0) is 9.47 Å². The number of ether oxygens (including phenoxy) is 2. The van der Waals surface area contributed by atoms with E-state index in [1.165, 1.54) is 24.9 Å². The second-order valence-electron chi connectivity index (χ2n) is 15.5. The van der Waals surface area contributed by atoms with Crippen molar-refractivity contribution in [2.24, 2.45) is 35.5 Å². The van der Waals surface area contributed by atoms with Crippen molar-refractivity contribution < 1.29 is 38.9 Å². The average molecular weight is 693 g/mol. The van der Waals surface area contributed by atoms with E-state index in [1.54, 1.807) is 0 Å². The van der Waals surface area contributed by atoms with Gasteiger partial charge in [-0.2, -0.15) is 0 Å². The van der Waals surface area contributed by atoms with E-state index in [0.29, 0.717) is 30.7 Å². The SMILES string of the molecule is CC(C)[C@@H]1CC[C@@H](C)C[C@H]1OC(=O)c1cc(C(=O)O)c(C(=O)O[C@@H]2C[C@H](C)CC[C@H]2C(C)C)cc1C(=O)O.CN1CCC[C@@H]1c1cccnc1. The first-order chi connectivity index (χ1) is 23.7. The number of nitrogens with zero attached hydrogens (tertiary/aromatic N) is 2. The molecule has 1 aromatic carbocycles. The van der Waals surface area contributed by atoms with Crippen LogP contribution in [0.1, 0.15) is 146 Å². The highest BCUT2D eigenvalue weighted by molar-refractivity contribution is 6.09. The zero-order chi connectivity index (χ0) is 36.7. The van der Waals surface area contributed by atoms with Crippen molar-refractivity contribution in [2.75, 3.05) is 13.6 Å². The summed E-state index contributed by atoms with van der Waals surface area (Å²) in [5.41, 5.74) is -0.349. The molecular formula is C40H56N2O8. The lowest BCUT2D eigenvalue weighted by Gasteiger charge is -2.37. The summed E-state index contributed by atoms with van der Waals surface area (Å²) in [6.45, 7) is 13.6. The van der Waals surface area contributed by atoms with Crippen LogP contribution in [0.4, 0.5) is 0 Å². The summed E-state index contributed by atoms with van der Waals surface area (Å²) in [5, 5.41) is 19.8. The summed E-state index contributed by atoms with van der Waals surface area (Å²) in [6.07, 6.45) is 10.8. The van der Waals surface area contributed by atoms with Gasteiger partial charge in [-0.3, -0.25) is 9.88 Å². The number of carboxylic acids is 2. The molecule has 2 aliphatic carbocycles. The number of likely N-dealkylation sites (tertiary alicyclic amines) is 1. The molecule has 3 aliphatic rings. The Bertz CT molecular complexity index is 1410. The molecule has 1 aliphatic heterocycles. The van der Waals surface area contributed by atoms with Gasteiger partial charge in [-0.25, -0.2) is 19.2 Å². The van der Waals surface area contributed by atoms with Crippen LogP contribution in [0, 0.1) is 35.5 Å². The van der Waals surface area contributed by atoms with Crippen molar-refractivity contribution >= 4 is 23.9 Å². The van der Waals surface area contributed by atoms with Gasteiger partial charge in [0.1, 0.15) is 12.2 Å². The van der Waals surface area contributed by atoms with Crippen molar-refractivity contribution in [3.05, 3.63) is 64.5 Å². The first-order valence-electron chi connectivity index (χ1n) is 18.3. The highest BCUT2D eigenvalue weighted by Crippen LogP contribution is 2.38. The second-order valence-corrected chi connectivity index (χ2v) is 15.5. The van der Waals surface area contributed by atoms with Gasteiger partial charge in [-0.1, -0.05) is 60.5 Å². The third-order valence-corrected chi connectivity index (χ3v) is 11.1. The van der Waals surface area contributed by atoms with E-state index in [1.807, 2.05) is 18.5 Å². The van der Waals surface area contributed by atoms with E-state index in [-0.39, 0.29) is 34.8 Å². The topological polar surface area (TPSA) is 143 Å². The third kappa shape index (κ3) is 9.71. The van der Waals surface area contributed by atoms with Crippen LogP contribution in [0.25, 0.3) is 0 Å². The Hall–Kier alpha value is -3.79. The molecule has 2 saturated carbocycles. The fraction of sp³-hybridized carbons (Fsp3) is 0.625. The maximum atomic E-state index is 13.2. The second kappa shape index (κ2) is 17.4. The molecule has 0 bridgehead atoms. The fourth-order valence-corrected chi connectivity index (χ4v) is 8.10. The molecule has 10 heteroatoms. The van der Waals surface area contributed by atoms with Crippen molar-refractivity contribution in [1.29, 1.82) is 0 Å². The quantitative estimate of drug-likeness (QED) is 0.247. The Balaban J connectivity index is 0.000000390. The van der Waals surface area contributed by atoms with Gasteiger partial charge in [0.05, 0.1) is 22.3 Å². The number of esters is 2. The van der Waals surface area contributed by atoms with Crippen LogP contribution >= 0.6 is 0 Å². The number of carbonyl (C=O) groups is 4. The molecule has 3 fully saturated rings. The van der Waals surface area contributed by atoms with Gasteiger partial charge in [0.25, 0.3) is 0 Å². The van der Waals surface area contributed by atoms with Gasteiger partial charge in [-0.15, -0.1) is 0 Å². The summed E-state index contributed by atoms with van der Waals surface area (Å²) in [5.74, 6) is -3.20. The smallest absolute Gasteiger partial charge is 0.339 e. The maximum absolute atomic E-state index is 13.2. The Kier molecular flexibility index (Phi) is 13.6. The monoisotopic (exact) mass is 692 g/mol. The van der Waals surface area contributed by atoms with E-state index >= 15 is 0 Å². The normalized spacial score (nSPS) is 26.9. The summed E-state index contributed by atoms with van der Waals surface area (Å²) in [6, 6.07) is 6.69. The van der Waals surface area contributed by atoms with Crippen LogP contribution in [0.15, 0.2) is 36.7 Å². The minimum absolute atomic E-state index is 0.128. The molecule has 2 heterocycles. The van der Waals surface area contributed by atoms with Crippen LogP contribution in [0.2, 0.25) is 0 Å². The minimum Gasteiger partial charge on any atom is -0.478 e. The third-order valence-electron chi connectivity index (χ3n) is 11.1. The number of hydrogen-bond donors (Lipinski definition) is 2. The fourth-order valence-electron chi connectivity index (χ4n) is 8.10. The molecule has 50 heavy (non-hydrogen) atoms. The van der Waals surface area contributed by atoms with Crippen molar-refractivity contribution in [1.82, 2.24) is 9.88 Å². The van der Waals surface area contributed by atoms with E-state index in [9.17, 15) is 29.4 Å². The molecule has 1 saturated heterocycles. The van der Waals surface area contributed by atoms with Gasteiger partial charge in [0, 0.05) is 18.4 Å². The number of hydrogen-bond acceptors (Lipinski definition) is 8. The molecule has 5 rings (SSSR count). The van der Waals surface area contributed by atoms with Gasteiger partial charge in [-0.05, 0) is 111 Å². The van der Waals surface area contributed by atoms with Gasteiger partial charge < -0.3 is 19.7 Å². The van der Waals surface area contributed by atoms with Crippen molar-refractivity contribution in [2.45, 2.75) is 111 Å². The Labute approximate surface area is 297 Å². The largest absolute Gasteiger partial charge is 0.478 e. The molecule has 274 valence electrons. The summed E-state index contributed by atoms with van der Waals surface area (Å²) in [4.78, 5) is 57.4. The van der Waals surface area contributed by atoms with E-state index < -0.39 is 47.2 Å². The predicted molar refractivity (Wildman–Crippen MR) is 190 cm³/mol. The molecule has 2 aromatic rings. The van der Waals surface area contributed by atoms with Gasteiger partial charge >= 0.3 is 23.9 Å². The highest BCUT2D eigenvalue weighted by atomic mass is 16.5. The summed E-state index contributed by atoms with van der Waals surface area (Å²) in [7, 11) is 2.19. The number of carbonyl (C=O) groups excluding carboxylic acids is 2. The van der Waals surface area contributed by atoms with Crippen LogP contribution in [-0.4, -0.2) is 69.8 Å². The Morgan fingerprint density at radius 1 is 0.760 bits per heavy atom. The van der Waals surface area contributed by atoms with E-state index in [4.69, 9.17) is 9.47 Å². The first-order valence-corrected chi connectivity index (χ1v) is 18.3.